The molecule has 0 aliphatic heterocycles. The normalized spacial score (nSPS) is 11.7. The smallest absolute Gasteiger partial charge is 0.244 e. The van der Waals surface area contributed by atoms with Gasteiger partial charge in [-0.15, -0.1) is 0 Å². The molecule has 0 saturated carbocycles. The predicted molar refractivity (Wildman–Crippen MR) is 124 cm³/mol. The highest BCUT2D eigenvalue weighted by Crippen LogP contribution is 2.24. The Kier molecular flexibility index (Phi) is 9.71. The highest BCUT2D eigenvalue weighted by molar-refractivity contribution is 9.12. The number of halogens is 1. The van der Waals surface area contributed by atoms with Crippen LogP contribution in [0.5, 0.6) is 5.75 Å². The lowest BCUT2D eigenvalue weighted by molar-refractivity contribution is -0.127. The number of hydrogen-bond acceptors (Lipinski definition) is 5. The van der Waals surface area contributed by atoms with E-state index in [1.807, 2.05) is 30.3 Å². The average molecular weight is 522 g/mol. The number of rotatable bonds is 10. The first-order valence-corrected chi connectivity index (χ1v) is 12.0. The first kappa shape index (κ1) is 25.4. The van der Waals surface area contributed by atoms with Gasteiger partial charge in [0.15, 0.2) is 0 Å². The minimum Gasteiger partial charge on any atom is -0.507 e. The first-order valence-electron chi connectivity index (χ1n) is 9.71. The lowest BCUT2D eigenvalue weighted by Crippen LogP contribution is -2.47. The van der Waals surface area contributed by atoms with Crippen LogP contribution in [0.2, 0.25) is 0 Å². The zero-order chi connectivity index (χ0) is 23.6. The number of hydrogen-bond donors (Lipinski definition) is 4. The summed E-state index contributed by atoms with van der Waals surface area (Å²) in [4.78, 5) is 26.1. The van der Waals surface area contributed by atoms with Crippen molar-refractivity contribution in [3.63, 3.8) is 0 Å². The molecule has 0 saturated heterocycles. The Morgan fingerprint density at radius 3 is 2.50 bits per heavy atom. The van der Waals surface area contributed by atoms with Crippen LogP contribution in [0.3, 0.4) is 0 Å². The Bertz CT molecular complexity index is 1110. The lowest BCUT2D eigenvalue weighted by Gasteiger charge is -2.18. The zero-order valence-electron chi connectivity index (χ0n) is 17.4. The molecular weight excluding hydrogens is 498 g/mol. The van der Waals surface area contributed by atoms with E-state index in [4.69, 9.17) is 0 Å². The highest BCUT2D eigenvalue weighted by Gasteiger charge is 2.23. The largest absolute Gasteiger partial charge is 0.507 e. The average Bonchev–Trinajstić information content (AvgIpc) is 2.75. The summed E-state index contributed by atoms with van der Waals surface area (Å²) in [6.45, 7) is 1.52. The fourth-order valence-electron chi connectivity index (χ4n) is 2.93. The number of phenols is 1. The molecule has 0 radical (unpaired) electrons. The van der Waals surface area contributed by atoms with Crippen molar-refractivity contribution >= 4 is 37.8 Å². The molecule has 10 heteroatoms. The molecule has 0 aliphatic carbocycles. The summed E-state index contributed by atoms with van der Waals surface area (Å²) in [7, 11) is -3.99. The number of carbonyl (C=O) groups is 2. The van der Waals surface area contributed by atoms with E-state index in [0.717, 1.165) is 5.56 Å². The number of carbonyl (C=O) groups excluding carboxylic acids is 2. The van der Waals surface area contributed by atoms with Crippen LogP contribution in [0, 0.1) is 10.8 Å². The summed E-state index contributed by atoms with van der Waals surface area (Å²) in [5, 5.41) is 15.2. The van der Waals surface area contributed by atoms with Crippen molar-refractivity contribution in [1.82, 2.24) is 15.4 Å². The van der Waals surface area contributed by atoms with Crippen molar-refractivity contribution in [2.75, 3.05) is 13.1 Å². The second kappa shape index (κ2) is 12.2. The molecular formula is C22H24BrN3O5S. The van der Waals surface area contributed by atoms with E-state index in [0.29, 0.717) is 12.0 Å². The van der Waals surface area contributed by atoms with Crippen LogP contribution in [0.4, 0.5) is 0 Å². The van der Waals surface area contributed by atoms with Crippen LogP contribution in [-0.4, -0.2) is 44.5 Å². The number of amides is 2. The van der Waals surface area contributed by atoms with Crippen LogP contribution in [0.1, 0.15) is 18.1 Å². The molecule has 2 amide bonds. The summed E-state index contributed by atoms with van der Waals surface area (Å²) in [6.07, 6.45) is 0.516. The molecule has 2 aromatic carbocycles. The molecule has 0 heterocycles. The van der Waals surface area contributed by atoms with Gasteiger partial charge in [-0.2, -0.15) is 0 Å². The third-order valence-electron chi connectivity index (χ3n) is 4.41. The van der Waals surface area contributed by atoms with E-state index in [2.05, 4.69) is 42.0 Å². The number of phenolic OH excluding ortho intramolecular Hbond substituents is 1. The summed E-state index contributed by atoms with van der Waals surface area (Å²) < 4.78 is 27.9. The number of nitrogens with one attached hydrogen (secondary N) is 3. The molecule has 0 aliphatic rings. The highest BCUT2D eigenvalue weighted by atomic mass is 79.9. The topological polar surface area (TPSA) is 125 Å². The Morgan fingerprint density at radius 1 is 1.12 bits per heavy atom. The van der Waals surface area contributed by atoms with Gasteiger partial charge in [-0.3, -0.25) is 9.59 Å². The van der Waals surface area contributed by atoms with E-state index in [1.54, 1.807) is 0 Å². The SMILES string of the molecule is CC(=O)NC(Cc1ccc(O)c(S(=O)(=O)NCCc2ccccc2)c1)C(=O)NCC#CBr. The third kappa shape index (κ3) is 8.00. The van der Waals surface area contributed by atoms with Crippen molar-refractivity contribution in [3.05, 3.63) is 59.7 Å². The van der Waals surface area contributed by atoms with Crippen molar-refractivity contribution in [1.29, 1.82) is 0 Å². The Hall–Kier alpha value is -2.87. The molecule has 32 heavy (non-hydrogen) atoms. The molecule has 170 valence electrons. The fraction of sp³-hybridized carbons (Fsp3) is 0.273. The Balaban J connectivity index is 2.14. The number of benzene rings is 2. The fourth-order valence-corrected chi connectivity index (χ4v) is 4.25. The van der Waals surface area contributed by atoms with Crippen molar-refractivity contribution in [2.45, 2.75) is 30.7 Å². The third-order valence-corrected chi connectivity index (χ3v) is 6.18. The van der Waals surface area contributed by atoms with E-state index in [9.17, 15) is 23.1 Å². The second-order valence-electron chi connectivity index (χ2n) is 6.88. The monoisotopic (exact) mass is 521 g/mol. The molecule has 0 aromatic heterocycles. The first-order chi connectivity index (χ1) is 15.2. The van der Waals surface area contributed by atoms with E-state index < -0.39 is 33.6 Å². The van der Waals surface area contributed by atoms with E-state index >= 15 is 0 Å². The molecule has 4 N–H and O–H groups in total. The second-order valence-corrected chi connectivity index (χ2v) is 9.01. The van der Waals surface area contributed by atoms with Gasteiger partial charge < -0.3 is 15.7 Å². The van der Waals surface area contributed by atoms with Crippen molar-refractivity contribution in [2.24, 2.45) is 0 Å². The van der Waals surface area contributed by atoms with Gasteiger partial charge in [0.25, 0.3) is 0 Å². The van der Waals surface area contributed by atoms with Gasteiger partial charge in [-0.25, -0.2) is 13.1 Å². The Morgan fingerprint density at radius 2 is 1.84 bits per heavy atom. The summed E-state index contributed by atoms with van der Waals surface area (Å²) >= 11 is 2.93. The molecule has 2 rings (SSSR count). The molecule has 1 atom stereocenters. The maximum absolute atomic E-state index is 12.7. The quantitative estimate of drug-likeness (QED) is 0.352. The standard InChI is InChI=1S/C22H24BrN3O5S/c1-16(27)26-19(22(29)24-12-5-11-23)14-18-8-9-20(28)21(15-18)32(30,31)25-13-10-17-6-3-2-4-7-17/h2-4,6-9,15,19,25,28H,10,12-14H2,1H3,(H,24,29)(H,26,27). The Labute approximate surface area is 196 Å². The molecule has 8 nitrogen and oxygen atoms in total. The summed E-state index contributed by atoms with van der Waals surface area (Å²) in [6, 6.07) is 12.5. The summed E-state index contributed by atoms with van der Waals surface area (Å²) in [5.74, 6) is 1.34. The predicted octanol–water partition coefficient (Wildman–Crippen LogP) is 1.43. The van der Waals surface area contributed by atoms with Gasteiger partial charge in [-0.05, 0) is 34.5 Å². The van der Waals surface area contributed by atoms with Crippen LogP contribution in [-0.2, 0) is 32.5 Å². The van der Waals surface area contributed by atoms with Crippen LogP contribution >= 0.6 is 15.9 Å². The maximum atomic E-state index is 12.7. The molecule has 0 fully saturated rings. The molecule has 0 bridgehead atoms. The molecule has 1 unspecified atom stereocenters. The van der Waals surface area contributed by atoms with Crippen LogP contribution < -0.4 is 15.4 Å². The number of aromatic hydroxyl groups is 1. The van der Waals surface area contributed by atoms with Gasteiger partial charge >= 0.3 is 0 Å². The minimum atomic E-state index is -3.99. The van der Waals surface area contributed by atoms with Gasteiger partial charge in [-0.1, -0.05) is 42.3 Å². The van der Waals surface area contributed by atoms with Crippen molar-refractivity contribution < 1.29 is 23.1 Å². The zero-order valence-corrected chi connectivity index (χ0v) is 19.8. The number of sulfonamides is 1. The molecule has 0 spiro atoms. The van der Waals surface area contributed by atoms with Crippen molar-refractivity contribution in [3.8, 4) is 16.5 Å². The van der Waals surface area contributed by atoms with Gasteiger partial charge in [0.2, 0.25) is 21.8 Å². The van der Waals surface area contributed by atoms with Gasteiger partial charge in [0, 0.05) is 35.8 Å². The van der Waals surface area contributed by atoms with Gasteiger partial charge in [0.1, 0.15) is 16.7 Å². The van der Waals surface area contributed by atoms with Crippen LogP contribution in [0.25, 0.3) is 0 Å². The molecule has 2 aromatic rings. The lowest BCUT2D eigenvalue weighted by atomic mass is 10.0. The van der Waals surface area contributed by atoms with E-state index in [-0.39, 0.29) is 24.4 Å². The minimum absolute atomic E-state index is 0.0277. The van der Waals surface area contributed by atoms with E-state index in [1.165, 1.54) is 25.1 Å². The summed E-state index contributed by atoms with van der Waals surface area (Å²) in [5.41, 5.74) is 1.42. The maximum Gasteiger partial charge on any atom is 0.244 e. The van der Waals surface area contributed by atoms with Crippen LogP contribution in [0.15, 0.2) is 53.4 Å². The van der Waals surface area contributed by atoms with Gasteiger partial charge in [0.05, 0.1) is 6.54 Å².